The number of allylic oxidation sites excluding steroid dienone is 1. The lowest BCUT2D eigenvalue weighted by atomic mass is 9.33. The van der Waals surface area contributed by atoms with Crippen molar-refractivity contribution in [2.45, 2.75) is 145 Å². The summed E-state index contributed by atoms with van der Waals surface area (Å²) in [6, 6.07) is 5.68. The van der Waals surface area contributed by atoms with E-state index in [0.29, 0.717) is 31.2 Å². The standard InChI is InChI=1S/C47H71N3O7/c1-29(2)39-32(51)24-47(35(52)27-50(37(53)28-49(10)11)26-30-14-12-13-23-48-30)22-21-45(8)31(40(39)47)15-16-34-44(7)19-18-36(57-38(54)25-42(3,4)41(55)56)43(5,6)33(44)17-20-46(34,45)9/h12-14,23,29,31,33-36,52H,15-22,24-28H2,1-11H3,(H,55,56)/t31-,33+,34-,35+,36-,44+,45-,46-,47+/m1/s1. The van der Waals surface area contributed by atoms with E-state index in [1.807, 2.05) is 37.2 Å². The molecule has 57 heavy (non-hydrogen) atoms. The molecule has 5 aliphatic carbocycles. The molecule has 4 saturated carbocycles. The molecule has 1 amide bonds. The molecule has 10 nitrogen and oxygen atoms in total. The molecule has 1 aromatic rings. The molecule has 0 aromatic carbocycles. The van der Waals surface area contributed by atoms with Crippen LogP contribution in [-0.2, 0) is 30.5 Å². The number of carbonyl (C=O) groups is 4. The molecule has 0 saturated heterocycles. The van der Waals surface area contributed by atoms with Crippen molar-refractivity contribution < 1.29 is 34.1 Å². The SMILES string of the molecule is CC(C)C1=C2[C@H]3CC[C@@H]4[C@@]5(C)CC[C@@H](OC(=O)CC(C)(C)C(=O)O)C(C)(C)[C@@H]5CC[C@@]4(C)[C@]3(C)CC[C@@]2([C@@H](O)CN(Cc2ccccn2)C(=O)CN(C)C)CC1=O. The molecule has 316 valence electrons. The van der Waals surface area contributed by atoms with E-state index in [9.17, 15) is 29.4 Å². The van der Waals surface area contributed by atoms with Gasteiger partial charge < -0.3 is 24.7 Å². The summed E-state index contributed by atoms with van der Waals surface area (Å²) in [5.41, 5.74) is 0.583. The van der Waals surface area contributed by atoms with Crippen LogP contribution in [0, 0.1) is 56.2 Å². The first-order valence-corrected chi connectivity index (χ1v) is 21.7. The number of aromatic nitrogens is 1. The summed E-state index contributed by atoms with van der Waals surface area (Å²) in [5.74, 6) is -0.419. The van der Waals surface area contributed by atoms with E-state index in [1.165, 1.54) is 5.57 Å². The number of pyridine rings is 1. The summed E-state index contributed by atoms with van der Waals surface area (Å²) in [6.45, 7) is 20.1. The number of hydrogen-bond acceptors (Lipinski definition) is 8. The Balaban J connectivity index is 1.30. The normalized spacial score (nSPS) is 35.2. The van der Waals surface area contributed by atoms with Gasteiger partial charge in [-0.3, -0.25) is 24.2 Å². The summed E-state index contributed by atoms with van der Waals surface area (Å²) < 4.78 is 6.18. The maximum absolute atomic E-state index is 14.3. The maximum Gasteiger partial charge on any atom is 0.309 e. The van der Waals surface area contributed by atoms with E-state index in [4.69, 9.17) is 4.74 Å². The second-order valence-corrected chi connectivity index (χ2v) is 21.4. The Bertz CT molecular complexity index is 1770. The van der Waals surface area contributed by atoms with Crippen LogP contribution in [0.1, 0.15) is 132 Å². The minimum Gasteiger partial charge on any atom is -0.481 e. The molecule has 6 rings (SSSR count). The number of aliphatic hydroxyl groups is 1. The number of nitrogens with zero attached hydrogens (tertiary/aromatic N) is 3. The fourth-order valence-corrected chi connectivity index (χ4v) is 13.6. The number of ether oxygens (including phenoxy) is 1. The van der Waals surface area contributed by atoms with Gasteiger partial charge in [0.1, 0.15) is 6.10 Å². The van der Waals surface area contributed by atoms with Gasteiger partial charge in [0.25, 0.3) is 0 Å². The zero-order chi connectivity index (χ0) is 42.1. The molecule has 5 aliphatic rings. The van der Waals surface area contributed by atoms with Crippen LogP contribution >= 0.6 is 0 Å². The molecule has 4 fully saturated rings. The summed E-state index contributed by atoms with van der Waals surface area (Å²) >= 11 is 0. The number of Topliss-reactive ketones (excluding diaryl/α,β-unsaturated/α-hetero) is 1. The lowest BCUT2D eigenvalue weighted by molar-refractivity contribution is -0.235. The molecule has 0 aliphatic heterocycles. The number of ketones is 1. The third kappa shape index (κ3) is 7.20. The number of carboxylic acids is 1. The van der Waals surface area contributed by atoms with Crippen molar-refractivity contribution in [3.8, 4) is 0 Å². The zero-order valence-electron chi connectivity index (χ0n) is 36.7. The third-order valence-electron chi connectivity index (χ3n) is 16.8. The number of rotatable bonds is 12. The molecule has 1 aromatic heterocycles. The largest absolute Gasteiger partial charge is 0.481 e. The average Bonchev–Trinajstić information content (AvgIpc) is 3.42. The number of amides is 1. The summed E-state index contributed by atoms with van der Waals surface area (Å²) in [7, 11) is 3.74. The van der Waals surface area contributed by atoms with Crippen molar-refractivity contribution in [2.75, 3.05) is 27.2 Å². The second-order valence-electron chi connectivity index (χ2n) is 21.4. The van der Waals surface area contributed by atoms with Gasteiger partial charge in [0.05, 0.1) is 36.7 Å². The smallest absolute Gasteiger partial charge is 0.309 e. The van der Waals surface area contributed by atoms with Crippen LogP contribution < -0.4 is 0 Å². The van der Waals surface area contributed by atoms with Crippen LogP contribution in [0.5, 0.6) is 0 Å². The van der Waals surface area contributed by atoms with Gasteiger partial charge in [-0.2, -0.15) is 0 Å². The predicted octanol–water partition coefficient (Wildman–Crippen LogP) is 7.73. The number of carbonyl (C=O) groups excluding carboxylic acids is 3. The van der Waals surface area contributed by atoms with Crippen LogP contribution in [0.4, 0.5) is 0 Å². The van der Waals surface area contributed by atoms with E-state index in [2.05, 4.69) is 53.5 Å². The Kier molecular flexibility index (Phi) is 11.6. The minimum atomic E-state index is -1.18. The number of carboxylic acid groups (broad SMARTS) is 1. The van der Waals surface area contributed by atoms with E-state index in [1.54, 1.807) is 24.9 Å². The van der Waals surface area contributed by atoms with Gasteiger partial charge in [-0.15, -0.1) is 0 Å². The van der Waals surface area contributed by atoms with Crippen LogP contribution in [0.3, 0.4) is 0 Å². The molecule has 0 bridgehead atoms. The van der Waals surface area contributed by atoms with Gasteiger partial charge in [0.2, 0.25) is 5.91 Å². The van der Waals surface area contributed by atoms with Crippen molar-refractivity contribution in [2.24, 2.45) is 56.2 Å². The van der Waals surface area contributed by atoms with E-state index >= 15 is 0 Å². The van der Waals surface area contributed by atoms with Crippen LogP contribution in [-0.4, -0.2) is 88.0 Å². The quantitative estimate of drug-likeness (QED) is 0.204. The molecular formula is C47H71N3O7. The van der Waals surface area contributed by atoms with Gasteiger partial charge in [-0.1, -0.05) is 60.1 Å². The van der Waals surface area contributed by atoms with Crippen molar-refractivity contribution >= 4 is 23.6 Å². The first-order chi connectivity index (χ1) is 26.4. The lowest BCUT2D eigenvalue weighted by Crippen LogP contribution is -2.66. The van der Waals surface area contributed by atoms with E-state index < -0.39 is 28.9 Å². The van der Waals surface area contributed by atoms with Gasteiger partial charge in [-0.05, 0) is 137 Å². The van der Waals surface area contributed by atoms with Crippen molar-refractivity contribution in [3.05, 3.63) is 41.2 Å². The highest BCUT2D eigenvalue weighted by molar-refractivity contribution is 6.00. The molecule has 10 heteroatoms. The molecule has 0 radical (unpaired) electrons. The summed E-state index contributed by atoms with van der Waals surface area (Å²) in [5, 5.41) is 22.2. The molecular weight excluding hydrogens is 719 g/mol. The number of fused-ring (bicyclic) bond motifs is 7. The Hall–Kier alpha value is -3.11. The zero-order valence-corrected chi connectivity index (χ0v) is 36.7. The Morgan fingerprint density at radius 1 is 0.947 bits per heavy atom. The minimum absolute atomic E-state index is 0.0152. The molecule has 0 unspecified atom stereocenters. The summed E-state index contributed by atoms with van der Waals surface area (Å²) in [6.07, 6.45) is 8.01. The molecule has 1 heterocycles. The van der Waals surface area contributed by atoms with Crippen LogP contribution in [0.25, 0.3) is 0 Å². The van der Waals surface area contributed by atoms with Crippen LogP contribution in [0.2, 0.25) is 0 Å². The van der Waals surface area contributed by atoms with Gasteiger partial charge >= 0.3 is 11.9 Å². The number of hydrogen-bond donors (Lipinski definition) is 2. The highest BCUT2D eigenvalue weighted by atomic mass is 16.5. The first-order valence-electron chi connectivity index (χ1n) is 21.7. The number of aliphatic hydroxyl groups excluding tert-OH is 1. The molecule has 0 spiro atoms. The second kappa shape index (κ2) is 15.2. The maximum atomic E-state index is 14.3. The Morgan fingerprint density at radius 2 is 1.65 bits per heavy atom. The highest BCUT2D eigenvalue weighted by Gasteiger charge is 2.71. The molecule has 9 atom stereocenters. The monoisotopic (exact) mass is 790 g/mol. The summed E-state index contributed by atoms with van der Waals surface area (Å²) in [4.78, 5) is 61.1. The van der Waals surface area contributed by atoms with E-state index in [0.717, 1.165) is 56.2 Å². The predicted molar refractivity (Wildman–Crippen MR) is 220 cm³/mol. The topological polar surface area (TPSA) is 137 Å². The average molecular weight is 790 g/mol. The van der Waals surface area contributed by atoms with Gasteiger partial charge in [0.15, 0.2) is 5.78 Å². The van der Waals surface area contributed by atoms with Crippen molar-refractivity contribution in [1.82, 2.24) is 14.8 Å². The van der Waals surface area contributed by atoms with Crippen LogP contribution in [0.15, 0.2) is 35.5 Å². The molecule has 2 N–H and O–H groups in total. The fourth-order valence-electron chi connectivity index (χ4n) is 13.6. The number of aliphatic carboxylic acids is 1. The number of esters is 1. The van der Waals surface area contributed by atoms with Crippen molar-refractivity contribution in [1.29, 1.82) is 0 Å². The van der Waals surface area contributed by atoms with Gasteiger partial charge in [0, 0.05) is 30.0 Å². The highest BCUT2D eigenvalue weighted by Crippen LogP contribution is 2.77. The van der Waals surface area contributed by atoms with E-state index in [-0.39, 0.29) is 70.8 Å². The lowest BCUT2D eigenvalue weighted by Gasteiger charge is -2.72. The van der Waals surface area contributed by atoms with Crippen molar-refractivity contribution in [3.63, 3.8) is 0 Å². The first kappa shape index (κ1) is 43.5. The Morgan fingerprint density at radius 3 is 2.26 bits per heavy atom. The Labute approximate surface area is 341 Å². The fraction of sp³-hybridized carbons (Fsp3) is 0.766. The van der Waals surface area contributed by atoms with Gasteiger partial charge in [-0.25, -0.2) is 0 Å². The third-order valence-corrected chi connectivity index (χ3v) is 16.8. The number of likely N-dealkylation sites (N-methyl/N-ethyl adjacent to an activating group) is 1.